The normalized spacial score (nSPS) is 11.0. The predicted molar refractivity (Wildman–Crippen MR) is 89.3 cm³/mol. The van der Waals surface area contributed by atoms with Crippen LogP contribution in [0.2, 0.25) is 0 Å². The van der Waals surface area contributed by atoms with E-state index < -0.39 is 0 Å². The maximum Gasteiger partial charge on any atom is 0.124 e. The Hall–Kier alpha value is -1.52. The Bertz CT molecular complexity index is 804. The number of hydrogen-bond acceptors (Lipinski definition) is 2. The highest BCUT2D eigenvalue weighted by Crippen LogP contribution is 2.35. The monoisotopic (exact) mass is 362 g/mol. The van der Waals surface area contributed by atoms with E-state index in [0.29, 0.717) is 0 Å². The number of benzene rings is 3. The minimum absolute atomic E-state index is 0.245. The molecule has 3 rings (SSSR count). The van der Waals surface area contributed by atoms with E-state index in [0.717, 1.165) is 31.5 Å². The van der Waals surface area contributed by atoms with E-state index in [9.17, 15) is 9.50 Å². The van der Waals surface area contributed by atoms with Crippen LogP contribution in [0.4, 0.5) is 4.39 Å². The lowest BCUT2D eigenvalue weighted by atomic mass is 10.1. The van der Waals surface area contributed by atoms with Gasteiger partial charge in [0.05, 0.1) is 0 Å². The summed E-state index contributed by atoms with van der Waals surface area (Å²) in [6, 6.07) is 16.1. The first-order valence-electron chi connectivity index (χ1n) is 6.42. The van der Waals surface area contributed by atoms with Crippen LogP contribution in [0, 0.1) is 5.82 Å². The molecule has 106 valence electrons. The first-order chi connectivity index (χ1) is 10.1. The number of aromatic hydroxyl groups is 1. The van der Waals surface area contributed by atoms with Crippen molar-refractivity contribution in [1.29, 1.82) is 0 Å². The van der Waals surface area contributed by atoms with Crippen LogP contribution in [0.25, 0.3) is 10.8 Å². The molecule has 0 bridgehead atoms. The third kappa shape index (κ3) is 3.06. The van der Waals surface area contributed by atoms with E-state index in [-0.39, 0.29) is 11.6 Å². The minimum atomic E-state index is -0.245. The molecule has 3 aromatic rings. The Labute approximate surface area is 134 Å². The highest BCUT2D eigenvalue weighted by molar-refractivity contribution is 9.10. The molecule has 3 aromatic carbocycles. The van der Waals surface area contributed by atoms with Gasteiger partial charge in [-0.25, -0.2) is 4.39 Å². The molecule has 0 atom stereocenters. The highest BCUT2D eigenvalue weighted by atomic mass is 79.9. The topological polar surface area (TPSA) is 20.2 Å². The quantitative estimate of drug-likeness (QED) is 0.599. The second-order valence-electron chi connectivity index (χ2n) is 4.65. The molecule has 0 aliphatic rings. The van der Waals surface area contributed by atoms with E-state index in [2.05, 4.69) is 15.9 Å². The molecule has 0 radical (unpaired) electrons. The van der Waals surface area contributed by atoms with Crippen LogP contribution in [0.3, 0.4) is 0 Å². The van der Waals surface area contributed by atoms with Gasteiger partial charge in [-0.1, -0.05) is 46.3 Å². The molecule has 0 fully saturated rings. The summed E-state index contributed by atoms with van der Waals surface area (Å²) in [4.78, 5) is 1.10. The van der Waals surface area contributed by atoms with Gasteiger partial charge in [0.2, 0.25) is 0 Å². The van der Waals surface area contributed by atoms with E-state index in [1.54, 1.807) is 23.9 Å². The van der Waals surface area contributed by atoms with Gasteiger partial charge in [0, 0.05) is 20.5 Å². The van der Waals surface area contributed by atoms with Gasteiger partial charge in [-0.3, -0.25) is 0 Å². The van der Waals surface area contributed by atoms with Crippen LogP contribution in [-0.4, -0.2) is 5.11 Å². The summed E-state index contributed by atoms with van der Waals surface area (Å²) < 4.78 is 13.9. The van der Waals surface area contributed by atoms with Crippen LogP contribution in [-0.2, 0) is 5.75 Å². The van der Waals surface area contributed by atoms with Crippen molar-refractivity contribution >= 4 is 38.5 Å². The zero-order valence-corrected chi connectivity index (χ0v) is 13.4. The Morgan fingerprint density at radius 1 is 1.00 bits per heavy atom. The van der Waals surface area contributed by atoms with Gasteiger partial charge in [-0.2, -0.15) is 0 Å². The largest absolute Gasteiger partial charge is 0.507 e. The van der Waals surface area contributed by atoms with Gasteiger partial charge in [-0.15, -0.1) is 11.8 Å². The van der Waals surface area contributed by atoms with Gasteiger partial charge in [0.25, 0.3) is 0 Å². The summed E-state index contributed by atoms with van der Waals surface area (Å²) in [6.45, 7) is 0. The van der Waals surface area contributed by atoms with Crippen molar-refractivity contribution in [2.24, 2.45) is 0 Å². The molecule has 1 nitrogen and oxygen atoms in total. The summed E-state index contributed by atoms with van der Waals surface area (Å²) in [7, 11) is 0. The standard InChI is InChI=1S/C17H12BrFOS/c18-15-9-12(19)6-5-11(15)10-21-17-8-7-16(20)13-3-1-2-4-14(13)17/h1-9,20H,10H2. The van der Waals surface area contributed by atoms with E-state index in [4.69, 9.17) is 0 Å². The van der Waals surface area contributed by atoms with Crippen LogP contribution in [0.15, 0.2) is 64.0 Å². The molecule has 0 spiro atoms. The van der Waals surface area contributed by atoms with Crippen molar-refractivity contribution in [3.05, 3.63) is 70.5 Å². The summed E-state index contributed by atoms with van der Waals surface area (Å²) >= 11 is 5.06. The molecule has 0 aromatic heterocycles. The molecular formula is C17H12BrFOS. The Balaban J connectivity index is 1.90. The molecule has 0 amide bonds. The predicted octanol–water partition coefficient (Wildman–Crippen LogP) is 5.74. The fraction of sp³-hybridized carbons (Fsp3) is 0.0588. The first kappa shape index (κ1) is 14.4. The number of phenols is 1. The molecule has 0 saturated heterocycles. The van der Waals surface area contributed by atoms with E-state index in [1.165, 1.54) is 12.1 Å². The van der Waals surface area contributed by atoms with Crippen LogP contribution in [0.5, 0.6) is 5.75 Å². The van der Waals surface area contributed by atoms with E-state index in [1.807, 2.05) is 30.3 Å². The average molecular weight is 363 g/mol. The van der Waals surface area contributed by atoms with Gasteiger partial charge in [-0.05, 0) is 35.2 Å². The van der Waals surface area contributed by atoms with Gasteiger partial charge >= 0.3 is 0 Å². The molecule has 21 heavy (non-hydrogen) atoms. The van der Waals surface area contributed by atoms with Crippen molar-refractivity contribution in [3.8, 4) is 5.75 Å². The second-order valence-corrected chi connectivity index (χ2v) is 6.52. The van der Waals surface area contributed by atoms with Crippen LogP contribution in [0.1, 0.15) is 5.56 Å². The SMILES string of the molecule is Oc1ccc(SCc2ccc(F)cc2Br)c2ccccc12. The molecule has 0 aliphatic heterocycles. The lowest BCUT2D eigenvalue weighted by Crippen LogP contribution is -1.86. The van der Waals surface area contributed by atoms with Gasteiger partial charge in [0.15, 0.2) is 0 Å². The Kier molecular flexibility index (Phi) is 4.17. The molecular weight excluding hydrogens is 351 g/mol. The number of rotatable bonds is 3. The summed E-state index contributed by atoms with van der Waals surface area (Å²) in [5.74, 6) is 0.777. The summed E-state index contributed by atoms with van der Waals surface area (Å²) in [5, 5.41) is 11.8. The van der Waals surface area contributed by atoms with Crippen molar-refractivity contribution in [1.82, 2.24) is 0 Å². The van der Waals surface area contributed by atoms with E-state index >= 15 is 0 Å². The van der Waals surface area contributed by atoms with Crippen LogP contribution < -0.4 is 0 Å². The van der Waals surface area contributed by atoms with Gasteiger partial charge < -0.3 is 5.11 Å². The Morgan fingerprint density at radius 2 is 1.76 bits per heavy atom. The Morgan fingerprint density at radius 3 is 2.52 bits per heavy atom. The molecule has 1 N–H and O–H groups in total. The third-order valence-corrected chi connectivity index (χ3v) is 5.12. The smallest absolute Gasteiger partial charge is 0.124 e. The average Bonchev–Trinajstić information content (AvgIpc) is 2.48. The third-order valence-electron chi connectivity index (χ3n) is 3.26. The van der Waals surface area contributed by atoms with Crippen molar-refractivity contribution in [3.63, 3.8) is 0 Å². The molecule has 0 aliphatic carbocycles. The highest BCUT2D eigenvalue weighted by Gasteiger charge is 2.07. The molecule has 0 unspecified atom stereocenters. The number of hydrogen-bond donors (Lipinski definition) is 1. The lowest BCUT2D eigenvalue weighted by Gasteiger charge is -2.09. The summed E-state index contributed by atoms with van der Waals surface area (Å²) in [5.41, 5.74) is 1.04. The van der Waals surface area contributed by atoms with Crippen LogP contribution >= 0.6 is 27.7 Å². The number of fused-ring (bicyclic) bond motifs is 1. The zero-order chi connectivity index (χ0) is 14.8. The number of thioether (sulfide) groups is 1. The molecule has 0 heterocycles. The maximum atomic E-state index is 13.1. The molecule has 0 saturated carbocycles. The fourth-order valence-corrected chi connectivity index (χ4v) is 3.91. The fourth-order valence-electron chi connectivity index (χ4n) is 2.18. The maximum absolute atomic E-state index is 13.1. The molecule has 4 heteroatoms. The van der Waals surface area contributed by atoms with Crippen molar-refractivity contribution < 1.29 is 9.50 Å². The van der Waals surface area contributed by atoms with Crippen molar-refractivity contribution in [2.75, 3.05) is 0 Å². The number of halogens is 2. The minimum Gasteiger partial charge on any atom is -0.507 e. The van der Waals surface area contributed by atoms with Gasteiger partial charge in [0.1, 0.15) is 11.6 Å². The first-order valence-corrected chi connectivity index (χ1v) is 8.20. The second kappa shape index (κ2) is 6.08. The zero-order valence-electron chi connectivity index (χ0n) is 11.0. The number of phenolic OH excluding ortho intramolecular Hbond substituents is 1. The van der Waals surface area contributed by atoms with Crippen molar-refractivity contribution in [2.45, 2.75) is 10.6 Å². The lowest BCUT2D eigenvalue weighted by molar-refractivity contribution is 0.481. The summed E-state index contributed by atoms with van der Waals surface area (Å²) in [6.07, 6.45) is 0.